The van der Waals surface area contributed by atoms with Crippen LogP contribution in [0.1, 0.15) is 31.4 Å². The van der Waals surface area contributed by atoms with Crippen LogP contribution in [0.25, 0.3) is 0 Å². The summed E-state index contributed by atoms with van der Waals surface area (Å²) in [5.74, 6) is 0.668. The molecule has 2 rings (SSSR count). The van der Waals surface area contributed by atoms with Crippen LogP contribution in [0.4, 0.5) is 5.95 Å². The van der Waals surface area contributed by atoms with Crippen molar-refractivity contribution in [1.29, 1.82) is 0 Å². The molecule has 0 aromatic carbocycles. The number of halogens is 1. The maximum Gasteiger partial charge on any atom is 0.224 e. The second-order valence-electron chi connectivity index (χ2n) is 3.78. The second kappa shape index (κ2) is 4.13. The van der Waals surface area contributed by atoms with Gasteiger partial charge in [-0.1, -0.05) is 24.4 Å². The largest absolute Gasteiger partial charge is 0.351 e. The van der Waals surface area contributed by atoms with Crippen LogP contribution >= 0.6 is 11.6 Å². The van der Waals surface area contributed by atoms with Gasteiger partial charge in [-0.3, -0.25) is 0 Å². The summed E-state index contributed by atoms with van der Waals surface area (Å²) in [5.41, 5.74) is 0.908. The molecule has 0 bridgehead atoms. The number of anilines is 1. The Balaban J connectivity index is 2.07. The molecule has 0 radical (unpaired) electrons. The Morgan fingerprint density at radius 2 is 2.07 bits per heavy atom. The third kappa shape index (κ3) is 2.35. The monoisotopic (exact) mass is 211 g/mol. The van der Waals surface area contributed by atoms with Gasteiger partial charge in [-0.25, -0.2) is 9.97 Å². The van der Waals surface area contributed by atoms with E-state index in [1.54, 1.807) is 6.07 Å². The first-order valence-corrected chi connectivity index (χ1v) is 5.39. The van der Waals surface area contributed by atoms with E-state index in [0.717, 1.165) is 5.69 Å². The summed E-state index contributed by atoms with van der Waals surface area (Å²) >= 11 is 5.84. The van der Waals surface area contributed by atoms with Crippen LogP contribution in [0.5, 0.6) is 0 Å². The molecule has 0 unspecified atom stereocenters. The molecule has 1 heterocycles. The Bertz CT molecular complexity index is 301. The average molecular weight is 212 g/mol. The summed E-state index contributed by atoms with van der Waals surface area (Å²) < 4.78 is 0. The summed E-state index contributed by atoms with van der Waals surface area (Å²) in [7, 11) is 0. The summed E-state index contributed by atoms with van der Waals surface area (Å²) in [4.78, 5) is 8.43. The Hall–Kier alpha value is -0.830. The predicted octanol–water partition coefficient (Wildman–Crippen LogP) is 2.79. The number of hydrogen-bond donors (Lipinski definition) is 1. The fourth-order valence-electron chi connectivity index (χ4n) is 1.85. The minimum atomic E-state index is 0.512. The molecular formula is C10H14ClN3. The molecular weight excluding hydrogens is 198 g/mol. The zero-order valence-electron chi connectivity index (χ0n) is 8.26. The predicted molar refractivity (Wildman–Crippen MR) is 57.7 cm³/mol. The Labute approximate surface area is 88.9 Å². The molecule has 1 saturated carbocycles. The zero-order chi connectivity index (χ0) is 9.97. The molecule has 1 aliphatic rings. The molecule has 0 saturated heterocycles. The van der Waals surface area contributed by atoms with Gasteiger partial charge in [0.2, 0.25) is 5.95 Å². The van der Waals surface area contributed by atoms with Crippen LogP contribution < -0.4 is 5.32 Å². The SMILES string of the molecule is Cc1cc(Cl)nc(NC2CCCC2)n1. The molecule has 3 nitrogen and oxygen atoms in total. The van der Waals surface area contributed by atoms with Gasteiger partial charge in [0, 0.05) is 11.7 Å². The van der Waals surface area contributed by atoms with Crippen LogP contribution in [-0.4, -0.2) is 16.0 Å². The molecule has 1 fully saturated rings. The summed E-state index contributed by atoms with van der Waals surface area (Å²) in [6.45, 7) is 1.92. The molecule has 0 atom stereocenters. The molecule has 1 aliphatic carbocycles. The van der Waals surface area contributed by atoms with Crippen molar-refractivity contribution in [1.82, 2.24) is 9.97 Å². The lowest BCUT2D eigenvalue weighted by Crippen LogP contribution is -2.16. The minimum absolute atomic E-state index is 0.512. The molecule has 1 N–H and O–H groups in total. The summed E-state index contributed by atoms with van der Waals surface area (Å²) in [6, 6.07) is 2.30. The van der Waals surface area contributed by atoms with E-state index in [2.05, 4.69) is 15.3 Å². The number of rotatable bonds is 2. The third-order valence-corrected chi connectivity index (χ3v) is 2.70. The molecule has 1 aromatic rings. The van der Waals surface area contributed by atoms with E-state index in [0.29, 0.717) is 17.1 Å². The van der Waals surface area contributed by atoms with Crippen molar-refractivity contribution in [3.63, 3.8) is 0 Å². The van der Waals surface area contributed by atoms with E-state index < -0.39 is 0 Å². The van der Waals surface area contributed by atoms with E-state index in [9.17, 15) is 0 Å². The van der Waals surface area contributed by atoms with E-state index in [1.807, 2.05) is 6.92 Å². The second-order valence-corrected chi connectivity index (χ2v) is 4.17. The van der Waals surface area contributed by atoms with Gasteiger partial charge >= 0.3 is 0 Å². The van der Waals surface area contributed by atoms with Gasteiger partial charge in [-0.05, 0) is 25.8 Å². The molecule has 0 amide bonds. The van der Waals surface area contributed by atoms with Crippen molar-refractivity contribution < 1.29 is 0 Å². The lowest BCUT2D eigenvalue weighted by atomic mass is 10.2. The number of aryl methyl sites for hydroxylation is 1. The van der Waals surface area contributed by atoms with Gasteiger partial charge in [0.15, 0.2) is 0 Å². The van der Waals surface area contributed by atoms with Crippen molar-refractivity contribution in [3.05, 3.63) is 16.9 Å². The van der Waals surface area contributed by atoms with Gasteiger partial charge in [-0.2, -0.15) is 0 Å². The molecule has 76 valence electrons. The highest BCUT2D eigenvalue weighted by atomic mass is 35.5. The average Bonchev–Trinajstić information content (AvgIpc) is 2.54. The smallest absolute Gasteiger partial charge is 0.224 e. The minimum Gasteiger partial charge on any atom is -0.351 e. The quantitative estimate of drug-likeness (QED) is 0.765. The first kappa shape index (κ1) is 9.71. The fourth-order valence-corrected chi connectivity index (χ4v) is 2.09. The highest BCUT2D eigenvalue weighted by molar-refractivity contribution is 6.29. The fraction of sp³-hybridized carbons (Fsp3) is 0.600. The molecule has 4 heteroatoms. The molecule has 1 aromatic heterocycles. The van der Waals surface area contributed by atoms with Crippen molar-refractivity contribution in [3.8, 4) is 0 Å². The highest BCUT2D eigenvalue weighted by Gasteiger charge is 2.15. The topological polar surface area (TPSA) is 37.8 Å². The Kier molecular flexibility index (Phi) is 2.87. The van der Waals surface area contributed by atoms with E-state index in [4.69, 9.17) is 11.6 Å². The van der Waals surface area contributed by atoms with E-state index in [1.165, 1.54) is 25.7 Å². The van der Waals surface area contributed by atoms with Gasteiger partial charge in [0.25, 0.3) is 0 Å². The first-order valence-electron chi connectivity index (χ1n) is 5.02. The van der Waals surface area contributed by atoms with Crippen molar-refractivity contribution in [2.75, 3.05) is 5.32 Å². The molecule has 0 spiro atoms. The number of nitrogens with zero attached hydrogens (tertiary/aromatic N) is 2. The van der Waals surface area contributed by atoms with Crippen LogP contribution in [0.2, 0.25) is 5.15 Å². The highest BCUT2D eigenvalue weighted by Crippen LogP contribution is 2.21. The van der Waals surface area contributed by atoms with Crippen molar-refractivity contribution >= 4 is 17.5 Å². The van der Waals surface area contributed by atoms with Crippen LogP contribution in [-0.2, 0) is 0 Å². The lowest BCUT2D eigenvalue weighted by molar-refractivity contribution is 0.743. The van der Waals surface area contributed by atoms with Gasteiger partial charge in [0.1, 0.15) is 5.15 Å². The summed E-state index contributed by atoms with van der Waals surface area (Å²) in [5, 5.41) is 3.83. The van der Waals surface area contributed by atoms with E-state index in [-0.39, 0.29) is 0 Å². The van der Waals surface area contributed by atoms with Gasteiger partial charge < -0.3 is 5.32 Å². The van der Waals surface area contributed by atoms with Crippen LogP contribution in [0.15, 0.2) is 6.07 Å². The standard InChI is InChI=1S/C10H14ClN3/c1-7-6-9(11)14-10(12-7)13-8-4-2-3-5-8/h6,8H,2-5H2,1H3,(H,12,13,14). The molecule has 14 heavy (non-hydrogen) atoms. The number of hydrogen-bond acceptors (Lipinski definition) is 3. The Morgan fingerprint density at radius 1 is 1.36 bits per heavy atom. The summed E-state index contributed by atoms with van der Waals surface area (Å²) in [6.07, 6.45) is 5.04. The normalized spacial score (nSPS) is 17.3. The van der Waals surface area contributed by atoms with Crippen LogP contribution in [0.3, 0.4) is 0 Å². The maximum absolute atomic E-state index is 5.84. The van der Waals surface area contributed by atoms with Gasteiger partial charge in [0.05, 0.1) is 0 Å². The lowest BCUT2D eigenvalue weighted by Gasteiger charge is -2.11. The Morgan fingerprint density at radius 3 is 2.71 bits per heavy atom. The zero-order valence-corrected chi connectivity index (χ0v) is 9.01. The molecule has 0 aliphatic heterocycles. The first-order chi connectivity index (χ1) is 6.74. The third-order valence-electron chi connectivity index (χ3n) is 2.51. The van der Waals surface area contributed by atoms with E-state index >= 15 is 0 Å². The van der Waals surface area contributed by atoms with Crippen molar-refractivity contribution in [2.24, 2.45) is 0 Å². The number of nitrogens with one attached hydrogen (secondary N) is 1. The maximum atomic E-state index is 5.84. The number of aromatic nitrogens is 2. The van der Waals surface area contributed by atoms with Crippen molar-refractivity contribution in [2.45, 2.75) is 38.6 Å². The van der Waals surface area contributed by atoms with Gasteiger partial charge in [-0.15, -0.1) is 0 Å². The van der Waals surface area contributed by atoms with Crippen LogP contribution in [0, 0.1) is 6.92 Å².